The molecule has 0 fully saturated rings. The summed E-state index contributed by atoms with van der Waals surface area (Å²) < 4.78 is 22.2. The van der Waals surface area contributed by atoms with Crippen molar-refractivity contribution in [2.75, 3.05) is 4.90 Å². The third-order valence-electron chi connectivity index (χ3n) is 5.48. The summed E-state index contributed by atoms with van der Waals surface area (Å²) in [7, 11) is 1.94. The van der Waals surface area contributed by atoms with E-state index in [-0.39, 0.29) is 23.3 Å². The van der Waals surface area contributed by atoms with Gasteiger partial charge in [0.2, 0.25) is 5.91 Å². The van der Waals surface area contributed by atoms with Crippen LogP contribution < -0.4 is 15.4 Å². The molecule has 10 heteroatoms. The molecule has 1 amide bonds. The van der Waals surface area contributed by atoms with Crippen LogP contribution in [-0.4, -0.2) is 25.6 Å². The normalized spacial score (nSPS) is 10.9. The number of halogens is 1. The number of carbonyl (C=O) groups is 1. The Labute approximate surface area is 215 Å². The molecule has 0 atom stereocenters. The lowest BCUT2D eigenvalue weighted by Crippen LogP contribution is -2.41. The van der Waals surface area contributed by atoms with Gasteiger partial charge in [-0.1, -0.05) is 12.1 Å². The predicted octanol–water partition coefficient (Wildman–Crippen LogP) is 5.45. The zero-order chi connectivity index (χ0) is 25.2. The number of nitrogens with two attached hydrogens (primary N) is 1. The molecule has 0 saturated heterocycles. The lowest BCUT2D eigenvalue weighted by atomic mass is 10.1. The number of pyridine rings is 1. The Bertz CT molecular complexity index is 1560. The number of amides is 1. The number of hydrogen-bond donors (Lipinski definition) is 1. The van der Waals surface area contributed by atoms with Crippen molar-refractivity contribution >= 4 is 50.5 Å². The number of benzene rings is 2. The summed E-state index contributed by atoms with van der Waals surface area (Å²) in [5.74, 6) is 1.41. The number of nitrogens with zero attached hydrogens (tertiary/aromatic N) is 4. The number of anilines is 1. The minimum atomic E-state index is -0.366. The van der Waals surface area contributed by atoms with Gasteiger partial charge in [0.15, 0.2) is 5.11 Å². The highest BCUT2D eigenvalue weighted by Crippen LogP contribution is 2.38. The summed E-state index contributed by atoms with van der Waals surface area (Å²) in [6, 6.07) is 16.4. The van der Waals surface area contributed by atoms with Gasteiger partial charge < -0.3 is 15.0 Å². The van der Waals surface area contributed by atoms with Crippen molar-refractivity contribution in [1.29, 1.82) is 0 Å². The Morgan fingerprint density at radius 2 is 1.86 bits per heavy atom. The van der Waals surface area contributed by atoms with E-state index in [9.17, 15) is 9.18 Å². The van der Waals surface area contributed by atoms with Crippen molar-refractivity contribution in [3.05, 3.63) is 90.6 Å². The number of fused-ring (bicyclic) bond motifs is 1. The molecule has 0 bridgehead atoms. The summed E-state index contributed by atoms with van der Waals surface area (Å²) in [4.78, 5) is 24.0. The molecule has 180 valence electrons. The molecular weight excluding hydrogens is 497 g/mol. The molecule has 2 N–H and O–H groups in total. The van der Waals surface area contributed by atoms with Gasteiger partial charge in [-0.3, -0.25) is 14.7 Å². The Morgan fingerprint density at radius 3 is 2.53 bits per heavy atom. The molecule has 0 aliphatic rings. The lowest BCUT2D eigenvalue weighted by molar-refractivity contribution is -0.117. The molecule has 7 nitrogen and oxygen atoms in total. The van der Waals surface area contributed by atoms with E-state index in [1.807, 2.05) is 29.9 Å². The first kappa shape index (κ1) is 23.6. The molecular formula is C26H20FN5O2S2. The van der Waals surface area contributed by atoms with E-state index in [1.165, 1.54) is 17.0 Å². The zero-order valence-corrected chi connectivity index (χ0v) is 20.7. The highest BCUT2D eigenvalue weighted by atomic mass is 32.1. The molecule has 0 aliphatic heterocycles. The van der Waals surface area contributed by atoms with Crippen LogP contribution in [0, 0.1) is 5.82 Å². The Hall–Kier alpha value is -4.15. The van der Waals surface area contributed by atoms with Crippen LogP contribution in [0.3, 0.4) is 0 Å². The van der Waals surface area contributed by atoms with Crippen LogP contribution >= 0.6 is 23.6 Å². The fourth-order valence-corrected chi connectivity index (χ4v) is 5.06. The maximum Gasteiger partial charge on any atom is 0.237 e. The summed E-state index contributed by atoms with van der Waals surface area (Å²) in [6.07, 6.45) is 5.38. The van der Waals surface area contributed by atoms with E-state index in [4.69, 9.17) is 22.7 Å². The van der Waals surface area contributed by atoms with Gasteiger partial charge in [-0.25, -0.2) is 9.37 Å². The van der Waals surface area contributed by atoms with Gasteiger partial charge in [-0.15, -0.1) is 11.3 Å². The second-order valence-electron chi connectivity index (χ2n) is 7.96. The van der Waals surface area contributed by atoms with E-state index in [1.54, 1.807) is 60.1 Å². The van der Waals surface area contributed by atoms with Crippen LogP contribution in [0.4, 0.5) is 10.1 Å². The van der Waals surface area contributed by atoms with Gasteiger partial charge in [-0.2, -0.15) is 0 Å². The first-order valence-corrected chi connectivity index (χ1v) is 12.1. The van der Waals surface area contributed by atoms with Gasteiger partial charge in [0, 0.05) is 31.7 Å². The molecule has 0 aliphatic carbocycles. The predicted molar refractivity (Wildman–Crippen MR) is 143 cm³/mol. The van der Waals surface area contributed by atoms with E-state index in [2.05, 4.69) is 9.97 Å². The maximum absolute atomic E-state index is 13.2. The van der Waals surface area contributed by atoms with E-state index >= 15 is 0 Å². The van der Waals surface area contributed by atoms with Crippen molar-refractivity contribution in [3.63, 3.8) is 0 Å². The molecule has 5 aromatic rings. The monoisotopic (exact) mass is 517 g/mol. The minimum absolute atomic E-state index is 0.0293. The third kappa shape index (κ3) is 4.81. The number of imidazole rings is 1. The van der Waals surface area contributed by atoms with Crippen LogP contribution in [0.15, 0.2) is 79.3 Å². The number of rotatable bonds is 6. The lowest BCUT2D eigenvalue weighted by Gasteiger charge is -2.21. The smallest absolute Gasteiger partial charge is 0.237 e. The largest absolute Gasteiger partial charge is 0.456 e. The number of carbonyl (C=O) groups excluding carboxylic acids is 1. The van der Waals surface area contributed by atoms with Gasteiger partial charge in [0.1, 0.15) is 23.1 Å². The van der Waals surface area contributed by atoms with Crippen molar-refractivity contribution in [2.24, 2.45) is 12.8 Å². The van der Waals surface area contributed by atoms with Crippen LogP contribution in [0.2, 0.25) is 0 Å². The first-order chi connectivity index (χ1) is 17.4. The summed E-state index contributed by atoms with van der Waals surface area (Å²) in [5.41, 5.74) is 7.84. The van der Waals surface area contributed by atoms with Crippen molar-refractivity contribution in [2.45, 2.75) is 6.42 Å². The molecule has 5 rings (SSSR count). The quantitative estimate of drug-likeness (QED) is 0.302. The second-order valence-corrected chi connectivity index (χ2v) is 9.43. The highest BCUT2D eigenvalue weighted by Gasteiger charge is 2.19. The van der Waals surface area contributed by atoms with Gasteiger partial charge in [0.05, 0.1) is 27.2 Å². The van der Waals surface area contributed by atoms with Crippen LogP contribution in [0.5, 0.6) is 11.5 Å². The average Bonchev–Trinajstić information content (AvgIpc) is 3.48. The first-order valence-electron chi connectivity index (χ1n) is 10.9. The van der Waals surface area contributed by atoms with E-state index in [0.29, 0.717) is 22.7 Å². The molecule has 0 radical (unpaired) electrons. The minimum Gasteiger partial charge on any atom is -0.456 e. The van der Waals surface area contributed by atoms with Crippen LogP contribution in [-0.2, 0) is 18.3 Å². The summed E-state index contributed by atoms with van der Waals surface area (Å²) in [5, 5.41) is -0.0768. The number of hydrogen-bond acceptors (Lipinski definition) is 6. The zero-order valence-electron chi connectivity index (χ0n) is 19.1. The molecule has 0 saturated carbocycles. The Balaban J connectivity index is 1.36. The molecule has 0 spiro atoms. The number of aryl methyl sites for hydroxylation is 1. The Kier molecular flexibility index (Phi) is 6.45. The van der Waals surface area contributed by atoms with E-state index in [0.717, 1.165) is 20.9 Å². The molecule has 3 aromatic heterocycles. The van der Waals surface area contributed by atoms with Gasteiger partial charge in [-0.05, 0) is 60.2 Å². The van der Waals surface area contributed by atoms with Crippen molar-refractivity contribution in [1.82, 2.24) is 14.5 Å². The van der Waals surface area contributed by atoms with Gasteiger partial charge in [0.25, 0.3) is 0 Å². The Morgan fingerprint density at radius 1 is 1.11 bits per heavy atom. The highest BCUT2D eigenvalue weighted by molar-refractivity contribution is 7.80. The maximum atomic E-state index is 13.2. The number of aromatic nitrogens is 3. The molecule has 36 heavy (non-hydrogen) atoms. The standard InChI is InChI=1S/C26H20FN5O2S2/c1-31-13-12-30-25(31)22-15-20-24(36-22)21(10-11-29-20)34-19-8-6-18(7-9-19)32(26(28)35)23(33)14-16-2-4-17(27)5-3-16/h2-13,15H,14H2,1H3,(H2,28,35). The number of thiophene rings is 1. The second kappa shape index (κ2) is 9.84. The van der Waals surface area contributed by atoms with Crippen LogP contribution in [0.1, 0.15) is 5.56 Å². The molecule has 0 unspecified atom stereocenters. The van der Waals surface area contributed by atoms with Crippen molar-refractivity contribution in [3.8, 4) is 22.2 Å². The average molecular weight is 518 g/mol. The van der Waals surface area contributed by atoms with E-state index < -0.39 is 0 Å². The van der Waals surface area contributed by atoms with Gasteiger partial charge >= 0.3 is 0 Å². The SMILES string of the molecule is Cn1ccnc1-c1cc2nccc(Oc3ccc(N(C(=O)Cc4ccc(F)cc4)C(N)=S)cc3)c2s1. The number of thiocarbonyl (C=S) groups is 1. The fraction of sp³-hybridized carbons (Fsp3) is 0.0769. The topological polar surface area (TPSA) is 86.3 Å². The molecule has 2 aromatic carbocycles. The fourth-order valence-electron chi connectivity index (χ4n) is 3.75. The number of ether oxygens (including phenoxy) is 1. The third-order valence-corrected chi connectivity index (χ3v) is 6.80. The van der Waals surface area contributed by atoms with Crippen molar-refractivity contribution < 1.29 is 13.9 Å². The summed E-state index contributed by atoms with van der Waals surface area (Å²) >= 11 is 6.68. The van der Waals surface area contributed by atoms with Crippen LogP contribution in [0.25, 0.3) is 20.9 Å². The molecule has 3 heterocycles. The summed E-state index contributed by atoms with van der Waals surface area (Å²) in [6.45, 7) is 0.